The molecule has 4 rings (SSSR count). The quantitative estimate of drug-likeness (QED) is 0.587. The van der Waals surface area contributed by atoms with Gasteiger partial charge in [0, 0.05) is 36.9 Å². The topological polar surface area (TPSA) is 91.2 Å². The fourth-order valence-electron chi connectivity index (χ4n) is 3.35. The van der Waals surface area contributed by atoms with Crippen LogP contribution < -0.4 is 10.2 Å². The number of carboxylic acid groups (broad SMARTS) is 1. The summed E-state index contributed by atoms with van der Waals surface area (Å²) in [6.07, 6.45) is 5.50. The van der Waals surface area contributed by atoms with Crippen LogP contribution in [0.3, 0.4) is 0 Å². The molecule has 0 unspecified atom stereocenters. The number of aliphatic carboxylic acids is 1. The third-order valence-electron chi connectivity index (χ3n) is 4.82. The van der Waals surface area contributed by atoms with E-state index in [4.69, 9.17) is 16.7 Å². The average Bonchev–Trinajstić information content (AvgIpc) is 3.19. The summed E-state index contributed by atoms with van der Waals surface area (Å²) in [6, 6.07) is 9.23. The maximum Gasteiger partial charge on any atom is 0.303 e. The van der Waals surface area contributed by atoms with Gasteiger partial charge in [0.25, 0.3) is 0 Å². The van der Waals surface area contributed by atoms with E-state index in [2.05, 4.69) is 25.2 Å². The van der Waals surface area contributed by atoms with E-state index in [1.807, 2.05) is 24.4 Å². The molecular weight excluding hydrogens is 410 g/mol. The Hall–Kier alpha value is -2.71. The lowest BCUT2D eigenvalue weighted by atomic mass is 9.94. The van der Waals surface area contributed by atoms with E-state index in [-0.39, 0.29) is 12.3 Å². The highest BCUT2D eigenvalue weighted by atomic mass is 35.5. The molecule has 1 saturated heterocycles. The molecule has 4 heterocycles. The molecule has 29 heavy (non-hydrogen) atoms. The number of anilines is 3. The minimum atomic E-state index is -0.715. The Bertz CT molecular complexity index is 1000. The van der Waals surface area contributed by atoms with Crippen LogP contribution in [0.1, 0.15) is 19.3 Å². The Balaban J connectivity index is 1.44. The zero-order valence-electron chi connectivity index (χ0n) is 15.6. The van der Waals surface area contributed by atoms with Crippen LogP contribution in [0.25, 0.3) is 10.6 Å². The number of carbonyl (C=O) groups is 1. The summed E-state index contributed by atoms with van der Waals surface area (Å²) in [6.45, 7) is 1.67. The molecule has 150 valence electrons. The van der Waals surface area contributed by atoms with Crippen molar-refractivity contribution in [2.24, 2.45) is 5.92 Å². The maximum atomic E-state index is 10.9. The molecule has 0 bridgehead atoms. The molecule has 3 aromatic rings. The molecule has 0 aromatic carbocycles. The van der Waals surface area contributed by atoms with Crippen LogP contribution in [0.2, 0.25) is 5.02 Å². The van der Waals surface area contributed by atoms with E-state index in [1.165, 1.54) is 0 Å². The minimum absolute atomic E-state index is 0.252. The number of pyridine rings is 2. The van der Waals surface area contributed by atoms with Crippen molar-refractivity contribution in [3.63, 3.8) is 0 Å². The van der Waals surface area contributed by atoms with Crippen molar-refractivity contribution in [3.05, 3.63) is 47.7 Å². The first-order valence-corrected chi connectivity index (χ1v) is 10.5. The highest BCUT2D eigenvalue weighted by Crippen LogP contribution is 2.33. The Labute approximate surface area is 177 Å². The second-order valence-corrected chi connectivity index (χ2v) is 8.37. The number of nitrogens with one attached hydrogen (secondary N) is 1. The standard InChI is InChI=1S/C20H20ClN5O2S/c21-14-4-7-22-18(11-14)25-17-3-1-2-15(24-17)16-12-23-20(29-16)26-8-5-13(6-9-26)10-19(27)28/h1-4,7,11-13H,5-6,8-10H2,(H,27,28)(H,22,24,25). The largest absolute Gasteiger partial charge is 0.481 e. The molecule has 0 radical (unpaired) electrons. The van der Waals surface area contributed by atoms with Crippen LogP contribution in [0, 0.1) is 5.92 Å². The van der Waals surface area contributed by atoms with Gasteiger partial charge >= 0.3 is 5.97 Å². The van der Waals surface area contributed by atoms with Crippen molar-refractivity contribution >= 4 is 45.7 Å². The predicted octanol–water partition coefficient (Wildman–Crippen LogP) is 4.69. The predicted molar refractivity (Wildman–Crippen MR) is 115 cm³/mol. The zero-order chi connectivity index (χ0) is 20.2. The first-order chi connectivity index (χ1) is 14.1. The smallest absolute Gasteiger partial charge is 0.303 e. The highest BCUT2D eigenvalue weighted by molar-refractivity contribution is 7.18. The first-order valence-electron chi connectivity index (χ1n) is 9.35. The molecule has 0 amide bonds. The van der Waals surface area contributed by atoms with Gasteiger partial charge in [0.15, 0.2) is 5.13 Å². The third-order valence-corrected chi connectivity index (χ3v) is 6.14. The number of halogens is 1. The summed E-state index contributed by atoms with van der Waals surface area (Å²) in [5.74, 6) is 0.860. The highest BCUT2D eigenvalue weighted by Gasteiger charge is 2.23. The minimum Gasteiger partial charge on any atom is -0.481 e. The van der Waals surface area contributed by atoms with Crippen LogP contribution >= 0.6 is 22.9 Å². The Kier molecular flexibility index (Phi) is 5.92. The lowest BCUT2D eigenvalue weighted by molar-refractivity contribution is -0.138. The van der Waals surface area contributed by atoms with Crippen molar-refractivity contribution in [1.82, 2.24) is 15.0 Å². The van der Waals surface area contributed by atoms with Gasteiger partial charge in [-0.15, -0.1) is 0 Å². The number of nitrogens with zero attached hydrogens (tertiary/aromatic N) is 4. The fourth-order valence-corrected chi connectivity index (χ4v) is 4.45. The van der Waals surface area contributed by atoms with Gasteiger partial charge in [-0.05, 0) is 43.0 Å². The SMILES string of the molecule is O=C(O)CC1CCN(c2ncc(-c3cccc(Nc4cc(Cl)ccn4)n3)s2)CC1. The number of thiazole rings is 1. The summed E-state index contributed by atoms with van der Waals surface area (Å²) >= 11 is 7.60. The van der Waals surface area contributed by atoms with Gasteiger partial charge in [0.1, 0.15) is 11.6 Å². The first kappa shape index (κ1) is 19.6. The van der Waals surface area contributed by atoms with E-state index < -0.39 is 5.97 Å². The number of hydrogen-bond acceptors (Lipinski definition) is 7. The average molecular weight is 430 g/mol. The number of rotatable bonds is 6. The molecular formula is C20H20ClN5O2S. The Morgan fingerprint density at radius 2 is 2.07 bits per heavy atom. The van der Waals surface area contributed by atoms with Gasteiger partial charge in [0.2, 0.25) is 0 Å². The lowest BCUT2D eigenvalue weighted by Crippen LogP contribution is -2.34. The molecule has 0 atom stereocenters. The molecule has 1 aliphatic heterocycles. The molecule has 0 spiro atoms. The summed E-state index contributed by atoms with van der Waals surface area (Å²) in [5.41, 5.74) is 0.835. The van der Waals surface area contributed by atoms with Gasteiger partial charge < -0.3 is 15.3 Å². The van der Waals surface area contributed by atoms with Gasteiger partial charge in [-0.1, -0.05) is 29.0 Å². The fraction of sp³-hybridized carbons (Fsp3) is 0.300. The number of carboxylic acids is 1. The van der Waals surface area contributed by atoms with Crippen molar-refractivity contribution in [3.8, 4) is 10.6 Å². The molecule has 0 aliphatic carbocycles. The second-order valence-electron chi connectivity index (χ2n) is 6.93. The Morgan fingerprint density at radius 1 is 1.24 bits per heavy atom. The molecule has 1 aliphatic rings. The van der Waals surface area contributed by atoms with E-state index in [9.17, 15) is 4.79 Å². The van der Waals surface area contributed by atoms with Crippen LogP contribution in [0.15, 0.2) is 42.7 Å². The van der Waals surface area contributed by atoms with E-state index in [0.717, 1.165) is 41.6 Å². The molecule has 1 fully saturated rings. The lowest BCUT2D eigenvalue weighted by Gasteiger charge is -2.30. The van der Waals surface area contributed by atoms with Gasteiger partial charge in [-0.3, -0.25) is 4.79 Å². The number of hydrogen-bond donors (Lipinski definition) is 2. The van der Waals surface area contributed by atoms with Crippen LogP contribution in [-0.4, -0.2) is 39.1 Å². The van der Waals surface area contributed by atoms with Crippen molar-refractivity contribution in [1.29, 1.82) is 0 Å². The van der Waals surface area contributed by atoms with Crippen molar-refractivity contribution in [2.75, 3.05) is 23.3 Å². The van der Waals surface area contributed by atoms with E-state index in [0.29, 0.717) is 16.7 Å². The molecule has 0 saturated carbocycles. The second kappa shape index (κ2) is 8.75. The molecule has 3 aromatic heterocycles. The molecule has 9 heteroatoms. The number of aromatic nitrogens is 3. The molecule has 7 nitrogen and oxygen atoms in total. The van der Waals surface area contributed by atoms with Crippen molar-refractivity contribution < 1.29 is 9.90 Å². The summed E-state index contributed by atoms with van der Waals surface area (Å²) in [4.78, 5) is 27.6. The van der Waals surface area contributed by atoms with Gasteiger partial charge in [-0.25, -0.2) is 15.0 Å². The monoisotopic (exact) mass is 429 g/mol. The number of piperidine rings is 1. The summed E-state index contributed by atoms with van der Waals surface area (Å²) < 4.78 is 0. The van der Waals surface area contributed by atoms with Crippen LogP contribution in [-0.2, 0) is 4.79 Å². The summed E-state index contributed by atoms with van der Waals surface area (Å²) in [7, 11) is 0. The van der Waals surface area contributed by atoms with Crippen LogP contribution in [0.4, 0.5) is 16.8 Å². The Morgan fingerprint density at radius 3 is 2.83 bits per heavy atom. The summed E-state index contributed by atoms with van der Waals surface area (Å²) in [5, 5.41) is 13.7. The maximum absolute atomic E-state index is 10.9. The van der Waals surface area contributed by atoms with E-state index >= 15 is 0 Å². The molecule has 2 N–H and O–H groups in total. The van der Waals surface area contributed by atoms with Gasteiger partial charge in [0.05, 0.1) is 10.6 Å². The van der Waals surface area contributed by atoms with Crippen molar-refractivity contribution in [2.45, 2.75) is 19.3 Å². The zero-order valence-corrected chi connectivity index (χ0v) is 17.2. The van der Waals surface area contributed by atoms with Gasteiger partial charge in [-0.2, -0.15) is 0 Å². The van der Waals surface area contributed by atoms with E-state index in [1.54, 1.807) is 29.7 Å². The third kappa shape index (κ3) is 5.02. The van der Waals surface area contributed by atoms with Crippen LogP contribution in [0.5, 0.6) is 0 Å². The normalized spacial score (nSPS) is 14.7.